The van der Waals surface area contributed by atoms with Crippen molar-refractivity contribution in [2.24, 2.45) is 0 Å². The molecule has 1 aliphatic heterocycles. The standard InChI is InChI=1S/C23H29N3O3S/c1-25(30(28,29)17-14-20-8-4-2-5-9-20)19-23(27)24-22-12-15-26(16-13-22)18-21-10-6-3-7-11-21/h2-11,14,17,22H,12-13,15-16,18-19H2,1H3,(H,24,27)/b17-14+. The summed E-state index contributed by atoms with van der Waals surface area (Å²) < 4.78 is 25.9. The van der Waals surface area contributed by atoms with Crippen molar-refractivity contribution in [3.05, 3.63) is 77.2 Å². The van der Waals surface area contributed by atoms with Crippen LogP contribution in [0.4, 0.5) is 0 Å². The van der Waals surface area contributed by atoms with Gasteiger partial charge >= 0.3 is 0 Å². The van der Waals surface area contributed by atoms with Crippen molar-refractivity contribution in [2.45, 2.75) is 25.4 Å². The van der Waals surface area contributed by atoms with Gasteiger partial charge in [-0.1, -0.05) is 60.7 Å². The molecule has 160 valence electrons. The summed E-state index contributed by atoms with van der Waals surface area (Å²) >= 11 is 0. The van der Waals surface area contributed by atoms with E-state index in [-0.39, 0.29) is 18.5 Å². The van der Waals surface area contributed by atoms with Gasteiger partial charge in [-0.25, -0.2) is 8.42 Å². The number of piperidine rings is 1. The number of carbonyl (C=O) groups excluding carboxylic acids is 1. The molecule has 6 nitrogen and oxygen atoms in total. The van der Waals surface area contributed by atoms with Crippen molar-refractivity contribution in [2.75, 3.05) is 26.7 Å². The van der Waals surface area contributed by atoms with Crippen molar-refractivity contribution < 1.29 is 13.2 Å². The molecule has 1 fully saturated rings. The van der Waals surface area contributed by atoms with Crippen LogP contribution < -0.4 is 5.32 Å². The molecular formula is C23H29N3O3S. The van der Waals surface area contributed by atoms with E-state index in [4.69, 9.17) is 0 Å². The van der Waals surface area contributed by atoms with Crippen LogP contribution in [0.2, 0.25) is 0 Å². The Balaban J connectivity index is 1.43. The van der Waals surface area contributed by atoms with Gasteiger partial charge in [-0.2, -0.15) is 4.31 Å². The molecule has 0 atom stereocenters. The van der Waals surface area contributed by atoms with Crippen LogP contribution in [0.25, 0.3) is 6.08 Å². The topological polar surface area (TPSA) is 69.7 Å². The van der Waals surface area contributed by atoms with E-state index in [2.05, 4.69) is 22.3 Å². The average molecular weight is 428 g/mol. The monoisotopic (exact) mass is 427 g/mol. The van der Waals surface area contributed by atoms with E-state index < -0.39 is 10.0 Å². The van der Waals surface area contributed by atoms with Gasteiger partial charge < -0.3 is 5.32 Å². The van der Waals surface area contributed by atoms with Crippen LogP contribution in [0.15, 0.2) is 66.1 Å². The van der Waals surface area contributed by atoms with Crippen LogP contribution in [0, 0.1) is 0 Å². The molecule has 3 rings (SSSR count). The van der Waals surface area contributed by atoms with E-state index in [1.807, 2.05) is 48.5 Å². The summed E-state index contributed by atoms with van der Waals surface area (Å²) in [4.78, 5) is 14.7. The molecule has 1 saturated heterocycles. The molecule has 1 aliphatic rings. The first-order chi connectivity index (χ1) is 14.4. The Kier molecular flexibility index (Phi) is 7.79. The molecule has 0 aliphatic carbocycles. The minimum absolute atomic E-state index is 0.0838. The maximum absolute atomic E-state index is 12.4. The van der Waals surface area contributed by atoms with E-state index >= 15 is 0 Å². The zero-order valence-corrected chi connectivity index (χ0v) is 18.1. The highest BCUT2D eigenvalue weighted by Gasteiger charge is 2.23. The Bertz CT molecular complexity index is 938. The lowest BCUT2D eigenvalue weighted by molar-refractivity contribution is -0.122. The number of amides is 1. The average Bonchev–Trinajstić information content (AvgIpc) is 2.75. The molecule has 0 saturated carbocycles. The molecule has 2 aromatic rings. The molecule has 0 spiro atoms. The quantitative estimate of drug-likeness (QED) is 0.703. The summed E-state index contributed by atoms with van der Waals surface area (Å²) in [5, 5.41) is 4.12. The number of rotatable bonds is 8. The molecule has 0 bridgehead atoms. The first-order valence-electron chi connectivity index (χ1n) is 10.2. The number of carbonyl (C=O) groups is 1. The van der Waals surface area contributed by atoms with Crippen molar-refractivity contribution in [1.29, 1.82) is 0 Å². The van der Waals surface area contributed by atoms with Gasteiger partial charge in [0, 0.05) is 38.1 Å². The van der Waals surface area contributed by atoms with E-state index in [1.165, 1.54) is 18.7 Å². The second kappa shape index (κ2) is 10.5. The number of likely N-dealkylation sites (N-methyl/N-ethyl adjacent to an activating group) is 1. The second-order valence-electron chi connectivity index (χ2n) is 7.62. The normalized spacial score (nSPS) is 16.2. The van der Waals surface area contributed by atoms with Crippen LogP contribution in [0.3, 0.4) is 0 Å². The maximum atomic E-state index is 12.4. The van der Waals surface area contributed by atoms with Gasteiger partial charge in [-0.05, 0) is 30.0 Å². The lowest BCUT2D eigenvalue weighted by Crippen LogP contribution is -2.47. The van der Waals surface area contributed by atoms with Crippen LogP contribution in [-0.2, 0) is 21.4 Å². The highest BCUT2D eigenvalue weighted by Crippen LogP contribution is 2.14. The van der Waals surface area contributed by atoms with Gasteiger partial charge in [-0.3, -0.25) is 9.69 Å². The summed E-state index contributed by atoms with van der Waals surface area (Å²) in [6.07, 6.45) is 3.26. The van der Waals surface area contributed by atoms with E-state index in [0.717, 1.165) is 47.8 Å². The van der Waals surface area contributed by atoms with Gasteiger partial charge in [0.2, 0.25) is 15.9 Å². The number of nitrogens with zero attached hydrogens (tertiary/aromatic N) is 2. The Labute approximate surface area is 179 Å². The second-order valence-corrected chi connectivity index (χ2v) is 9.54. The molecule has 0 radical (unpaired) electrons. The fraction of sp³-hybridized carbons (Fsp3) is 0.348. The van der Waals surface area contributed by atoms with Crippen molar-refractivity contribution >= 4 is 22.0 Å². The molecule has 1 amide bonds. The third-order valence-corrected chi connectivity index (χ3v) is 6.71. The first-order valence-corrected chi connectivity index (χ1v) is 11.7. The maximum Gasteiger partial charge on any atom is 0.236 e. The number of benzene rings is 2. The highest BCUT2D eigenvalue weighted by molar-refractivity contribution is 7.92. The van der Waals surface area contributed by atoms with Crippen LogP contribution in [-0.4, -0.2) is 56.3 Å². The van der Waals surface area contributed by atoms with Gasteiger partial charge in [0.25, 0.3) is 0 Å². The lowest BCUT2D eigenvalue weighted by Gasteiger charge is -2.32. The molecule has 1 N–H and O–H groups in total. The summed E-state index contributed by atoms with van der Waals surface area (Å²) in [7, 11) is -2.23. The van der Waals surface area contributed by atoms with Crippen molar-refractivity contribution in [3.8, 4) is 0 Å². The Morgan fingerprint density at radius 2 is 1.67 bits per heavy atom. The fourth-order valence-electron chi connectivity index (χ4n) is 3.48. The Morgan fingerprint density at radius 1 is 1.07 bits per heavy atom. The fourth-order valence-corrected chi connectivity index (χ4v) is 4.31. The zero-order valence-electron chi connectivity index (χ0n) is 17.3. The SMILES string of the molecule is CN(CC(=O)NC1CCN(Cc2ccccc2)CC1)S(=O)(=O)/C=C/c1ccccc1. The smallest absolute Gasteiger partial charge is 0.236 e. The van der Waals surface area contributed by atoms with Crippen LogP contribution in [0.5, 0.6) is 0 Å². The predicted molar refractivity (Wildman–Crippen MR) is 120 cm³/mol. The van der Waals surface area contributed by atoms with Gasteiger partial charge in [0.1, 0.15) is 0 Å². The minimum Gasteiger partial charge on any atom is -0.352 e. The van der Waals surface area contributed by atoms with E-state index in [1.54, 1.807) is 0 Å². The van der Waals surface area contributed by atoms with Gasteiger partial charge in [0.05, 0.1) is 6.54 Å². The van der Waals surface area contributed by atoms with Gasteiger partial charge in [0.15, 0.2) is 0 Å². The molecule has 30 heavy (non-hydrogen) atoms. The number of nitrogens with one attached hydrogen (secondary N) is 1. The number of hydrogen-bond donors (Lipinski definition) is 1. The molecule has 2 aromatic carbocycles. The van der Waals surface area contributed by atoms with E-state index in [9.17, 15) is 13.2 Å². The lowest BCUT2D eigenvalue weighted by atomic mass is 10.0. The third kappa shape index (κ3) is 6.79. The summed E-state index contributed by atoms with van der Waals surface area (Å²) in [6.45, 7) is 2.55. The number of sulfonamides is 1. The van der Waals surface area contributed by atoms with Crippen molar-refractivity contribution in [1.82, 2.24) is 14.5 Å². The summed E-state index contributed by atoms with van der Waals surface area (Å²) in [5.74, 6) is -0.268. The largest absolute Gasteiger partial charge is 0.352 e. The van der Waals surface area contributed by atoms with Gasteiger partial charge in [-0.15, -0.1) is 0 Å². The molecule has 7 heteroatoms. The third-order valence-electron chi connectivity index (χ3n) is 5.23. The van der Waals surface area contributed by atoms with E-state index in [0.29, 0.717) is 0 Å². The minimum atomic E-state index is -3.65. The highest BCUT2D eigenvalue weighted by atomic mass is 32.2. The Hall–Kier alpha value is -2.48. The molecule has 0 aromatic heterocycles. The number of likely N-dealkylation sites (tertiary alicyclic amines) is 1. The van der Waals surface area contributed by atoms with Crippen molar-refractivity contribution in [3.63, 3.8) is 0 Å². The Morgan fingerprint density at radius 3 is 2.30 bits per heavy atom. The van der Waals surface area contributed by atoms with Crippen LogP contribution >= 0.6 is 0 Å². The first kappa shape index (κ1) is 22.2. The number of hydrogen-bond acceptors (Lipinski definition) is 4. The molecule has 0 unspecified atom stereocenters. The summed E-state index contributed by atoms with van der Waals surface area (Å²) in [6, 6.07) is 19.6. The zero-order chi connectivity index (χ0) is 21.4. The summed E-state index contributed by atoms with van der Waals surface area (Å²) in [5.41, 5.74) is 2.08. The predicted octanol–water partition coefficient (Wildman–Crippen LogP) is 2.70. The van der Waals surface area contributed by atoms with Crippen LogP contribution in [0.1, 0.15) is 24.0 Å². The molecule has 1 heterocycles. The molecular weight excluding hydrogens is 398 g/mol.